The number of Topliss-reactive ketones (excluding diaryl/α,β-unsaturated/α-hetero) is 1. The lowest BCUT2D eigenvalue weighted by Gasteiger charge is -2.46. The summed E-state index contributed by atoms with van der Waals surface area (Å²) in [5.74, 6) is 0.363. The molecule has 2 N–H and O–H groups in total. The first-order chi connectivity index (χ1) is 12.1. The van der Waals surface area contributed by atoms with Crippen molar-refractivity contribution in [3.8, 4) is 0 Å². The van der Waals surface area contributed by atoms with Gasteiger partial charge in [0.25, 0.3) is 5.91 Å². The Morgan fingerprint density at radius 3 is 2.46 bits per heavy atom. The van der Waals surface area contributed by atoms with Crippen LogP contribution in [0, 0.1) is 5.41 Å². The minimum absolute atomic E-state index is 0.0199. The van der Waals surface area contributed by atoms with Crippen molar-refractivity contribution >= 4 is 17.4 Å². The van der Waals surface area contributed by atoms with Gasteiger partial charge in [0.05, 0.1) is 5.41 Å². The van der Waals surface area contributed by atoms with Gasteiger partial charge in [0, 0.05) is 22.5 Å². The summed E-state index contributed by atoms with van der Waals surface area (Å²) < 4.78 is 0. The SMILES string of the molecule is CC(=O)C1(C)CC=C(C(=O)N2c3ccccc3C(C)CC2(C)C)C=C1N. The van der Waals surface area contributed by atoms with Crippen LogP contribution in [0.4, 0.5) is 5.69 Å². The molecule has 0 radical (unpaired) electrons. The quantitative estimate of drug-likeness (QED) is 0.872. The lowest BCUT2D eigenvalue weighted by molar-refractivity contribution is -0.124. The number of ketones is 1. The molecule has 1 aromatic rings. The van der Waals surface area contributed by atoms with Crippen LogP contribution >= 0.6 is 0 Å². The van der Waals surface area contributed by atoms with E-state index in [0.717, 1.165) is 12.1 Å². The summed E-state index contributed by atoms with van der Waals surface area (Å²) in [6, 6.07) is 8.11. The van der Waals surface area contributed by atoms with Gasteiger partial charge in [0.1, 0.15) is 5.78 Å². The second-order valence-electron chi connectivity index (χ2n) is 8.47. The van der Waals surface area contributed by atoms with Crippen LogP contribution in [-0.4, -0.2) is 17.2 Å². The monoisotopic (exact) mass is 352 g/mol. The minimum atomic E-state index is -0.715. The molecule has 0 fully saturated rings. The number of carbonyl (C=O) groups is 2. The van der Waals surface area contributed by atoms with E-state index in [4.69, 9.17) is 5.73 Å². The zero-order valence-corrected chi connectivity index (χ0v) is 16.3. The maximum Gasteiger partial charge on any atom is 0.258 e. The van der Waals surface area contributed by atoms with Crippen molar-refractivity contribution < 1.29 is 9.59 Å². The number of amides is 1. The first-order valence-electron chi connectivity index (χ1n) is 9.20. The van der Waals surface area contributed by atoms with E-state index in [2.05, 4.69) is 26.8 Å². The molecule has 26 heavy (non-hydrogen) atoms. The number of carbonyl (C=O) groups excluding carboxylic acids is 2. The second-order valence-corrected chi connectivity index (χ2v) is 8.47. The van der Waals surface area contributed by atoms with E-state index in [-0.39, 0.29) is 17.2 Å². The third kappa shape index (κ3) is 2.77. The van der Waals surface area contributed by atoms with Crippen molar-refractivity contribution in [2.75, 3.05) is 4.90 Å². The molecule has 0 spiro atoms. The zero-order valence-electron chi connectivity index (χ0n) is 16.3. The number of hydrogen-bond donors (Lipinski definition) is 1. The number of benzene rings is 1. The third-order valence-corrected chi connectivity index (χ3v) is 6.03. The van der Waals surface area contributed by atoms with E-state index >= 15 is 0 Å². The highest BCUT2D eigenvalue weighted by atomic mass is 16.2. The van der Waals surface area contributed by atoms with Crippen molar-refractivity contribution in [2.24, 2.45) is 11.1 Å². The summed E-state index contributed by atoms with van der Waals surface area (Å²) in [5.41, 5.74) is 8.37. The summed E-state index contributed by atoms with van der Waals surface area (Å²) in [5, 5.41) is 0. The van der Waals surface area contributed by atoms with E-state index in [1.165, 1.54) is 5.56 Å². The Kier molecular flexibility index (Phi) is 4.33. The van der Waals surface area contributed by atoms with Gasteiger partial charge in [-0.25, -0.2) is 0 Å². The second kappa shape index (κ2) is 6.11. The average Bonchev–Trinajstić information content (AvgIpc) is 2.56. The average molecular weight is 352 g/mol. The number of nitrogens with two attached hydrogens (primary N) is 1. The fourth-order valence-corrected chi connectivity index (χ4v) is 4.21. The topological polar surface area (TPSA) is 63.4 Å². The maximum atomic E-state index is 13.4. The van der Waals surface area contributed by atoms with Crippen LogP contribution in [0.5, 0.6) is 0 Å². The molecule has 0 saturated heterocycles. The Hall–Kier alpha value is -2.36. The molecule has 1 aliphatic heterocycles. The van der Waals surface area contributed by atoms with Crippen LogP contribution in [0.2, 0.25) is 0 Å². The third-order valence-electron chi connectivity index (χ3n) is 6.03. The van der Waals surface area contributed by atoms with Crippen LogP contribution in [0.15, 0.2) is 47.7 Å². The van der Waals surface area contributed by atoms with E-state index in [9.17, 15) is 9.59 Å². The number of hydrogen-bond acceptors (Lipinski definition) is 3. The van der Waals surface area contributed by atoms with Crippen LogP contribution in [0.3, 0.4) is 0 Å². The van der Waals surface area contributed by atoms with Crippen LogP contribution < -0.4 is 10.6 Å². The highest BCUT2D eigenvalue weighted by Crippen LogP contribution is 2.44. The van der Waals surface area contributed by atoms with Gasteiger partial charge in [-0.1, -0.05) is 31.2 Å². The maximum absolute atomic E-state index is 13.4. The fraction of sp³-hybridized carbons (Fsp3) is 0.455. The number of nitrogens with zero attached hydrogens (tertiary/aromatic N) is 1. The van der Waals surface area contributed by atoms with Gasteiger partial charge in [0.2, 0.25) is 0 Å². The first-order valence-corrected chi connectivity index (χ1v) is 9.20. The number of fused-ring (bicyclic) bond motifs is 1. The molecule has 0 saturated carbocycles. The van der Waals surface area contributed by atoms with E-state index < -0.39 is 5.41 Å². The summed E-state index contributed by atoms with van der Waals surface area (Å²) in [6.45, 7) is 9.80. The van der Waals surface area contributed by atoms with Gasteiger partial charge in [0.15, 0.2) is 0 Å². The molecule has 4 nitrogen and oxygen atoms in total. The first kappa shape index (κ1) is 18.4. The molecule has 1 aromatic carbocycles. The standard InChI is InChI=1S/C22H28N2O2/c1-14-13-21(3,4)24(18-9-7-6-8-17(14)18)20(26)16-10-11-22(5,15(2)25)19(23)12-16/h6-10,12,14H,11,13,23H2,1-5H3. The molecule has 2 unspecified atom stereocenters. The fourth-order valence-electron chi connectivity index (χ4n) is 4.21. The summed E-state index contributed by atoms with van der Waals surface area (Å²) >= 11 is 0. The van der Waals surface area contributed by atoms with Crippen molar-refractivity contribution in [1.82, 2.24) is 0 Å². The predicted molar refractivity (Wildman–Crippen MR) is 105 cm³/mol. The van der Waals surface area contributed by atoms with Crippen LogP contribution in [-0.2, 0) is 9.59 Å². The smallest absolute Gasteiger partial charge is 0.258 e. The molecule has 0 aromatic heterocycles. The highest BCUT2D eigenvalue weighted by Gasteiger charge is 2.42. The van der Waals surface area contributed by atoms with Crippen LogP contribution in [0.1, 0.15) is 58.9 Å². The lowest BCUT2D eigenvalue weighted by Crippen LogP contribution is -2.52. The predicted octanol–water partition coefficient (Wildman–Crippen LogP) is 4.07. The molecule has 138 valence electrons. The van der Waals surface area contributed by atoms with E-state index in [1.54, 1.807) is 13.0 Å². The normalized spacial score (nSPS) is 27.3. The number of para-hydroxylation sites is 1. The number of anilines is 1. The van der Waals surface area contributed by atoms with Crippen molar-refractivity contribution in [3.63, 3.8) is 0 Å². The molecule has 1 heterocycles. The van der Waals surface area contributed by atoms with Crippen molar-refractivity contribution in [2.45, 2.75) is 58.9 Å². The van der Waals surface area contributed by atoms with Gasteiger partial charge in [-0.2, -0.15) is 0 Å². The largest absolute Gasteiger partial charge is 0.401 e. The zero-order chi connectivity index (χ0) is 19.3. The van der Waals surface area contributed by atoms with Gasteiger partial charge in [-0.05, 0) is 64.2 Å². The Morgan fingerprint density at radius 1 is 1.19 bits per heavy atom. The van der Waals surface area contributed by atoms with Gasteiger partial charge >= 0.3 is 0 Å². The highest BCUT2D eigenvalue weighted by molar-refractivity contribution is 6.09. The minimum Gasteiger partial charge on any atom is -0.401 e. The lowest BCUT2D eigenvalue weighted by atomic mass is 9.75. The van der Waals surface area contributed by atoms with Crippen LogP contribution in [0.25, 0.3) is 0 Å². The summed E-state index contributed by atoms with van der Waals surface area (Å²) in [6.07, 6.45) is 4.90. The van der Waals surface area contributed by atoms with Gasteiger partial charge in [-0.15, -0.1) is 0 Å². The van der Waals surface area contributed by atoms with Gasteiger partial charge in [-0.3, -0.25) is 9.59 Å². The van der Waals surface area contributed by atoms with E-state index in [1.807, 2.05) is 36.1 Å². The Balaban J connectivity index is 2.02. The summed E-state index contributed by atoms with van der Waals surface area (Å²) in [7, 11) is 0. The molecule has 2 atom stereocenters. The Bertz CT molecular complexity index is 834. The molecule has 4 heteroatoms. The number of allylic oxidation sites excluding steroid dienone is 2. The van der Waals surface area contributed by atoms with Gasteiger partial charge < -0.3 is 10.6 Å². The molecular formula is C22H28N2O2. The van der Waals surface area contributed by atoms with Crippen molar-refractivity contribution in [3.05, 3.63) is 53.3 Å². The van der Waals surface area contributed by atoms with Crippen molar-refractivity contribution in [1.29, 1.82) is 0 Å². The molecule has 1 amide bonds. The van der Waals surface area contributed by atoms with E-state index in [0.29, 0.717) is 23.6 Å². The molecular weight excluding hydrogens is 324 g/mol. The molecule has 0 bridgehead atoms. The summed E-state index contributed by atoms with van der Waals surface area (Å²) in [4.78, 5) is 27.3. The number of rotatable bonds is 2. The Morgan fingerprint density at radius 2 is 1.85 bits per heavy atom. The Labute approximate surface area is 155 Å². The molecule has 3 rings (SSSR count). The molecule has 1 aliphatic carbocycles. The molecule has 2 aliphatic rings.